The van der Waals surface area contributed by atoms with E-state index in [1.54, 1.807) is 24.3 Å². The van der Waals surface area contributed by atoms with Crippen LogP contribution in [0.4, 0.5) is 14.5 Å². The molecule has 0 aliphatic heterocycles. The summed E-state index contributed by atoms with van der Waals surface area (Å²) in [6, 6.07) is 5.74. The Labute approximate surface area is 115 Å². The van der Waals surface area contributed by atoms with Gasteiger partial charge in [0.2, 0.25) is 5.91 Å². The molecule has 0 saturated heterocycles. The summed E-state index contributed by atoms with van der Waals surface area (Å²) in [5.74, 6) is -2.69. The molecule has 6 heteroatoms. The zero-order chi connectivity index (χ0) is 14.3. The Balaban J connectivity index is 2.50. The lowest BCUT2D eigenvalue weighted by Crippen LogP contribution is -2.35. The lowest BCUT2D eigenvalue weighted by Gasteiger charge is -2.12. The minimum Gasteiger partial charge on any atom is -0.325 e. The lowest BCUT2D eigenvalue weighted by molar-refractivity contribution is -0.117. The Bertz CT molecular complexity index is 398. The van der Waals surface area contributed by atoms with Crippen molar-refractivity contribution >= 4 is 23.4 Å². The molecule has 0 saturated carbocycles. The molecule has 0 unspecified atom stereocenters. The van der Waals surface area contributed by atoms with Gasteiger partial charge in [-0.1, -0.05) is 31.5 Å². The van der Waals surface area contributed by atoms with Crippen molar-refractivity contribution in [2.45, 2.75) is 42.9 Å². The molecule has 3 nitrogen and oxygen atoms in total. The highest BCUT2D eigenvalue weighted by molar-refractivity contribution is 7.99. The third-order valence-corrected chi connectivity index (χ3v) is 3.27. The summed E-state index contributed by atoms with van der Waals surface area (Å²) in [6.07, 6.45) is 2.53. The van der Waals surface area contributed by atoms with Crippen molar-refractivity contribution in [1.82, 2.24) is 0 Å². The van der Waals surface area contributed by atoms with Gasteiger partial charge in [0, 0.05) is 10.6 Å². The van der Waals surface area contributed by atoms with Crippen molar-refractivity contribution in [3.05, 3.63) is 24.3 Å². The number of halogens is 2. The van der Waals surface area contributed by atoms with Gasteiger partial charge < -0.3 is 11.1 Å². The molecule has 0 bridgehead atoms. The number of anilines is 1. The normalized spacial score (nSPS) is 12.5. The van der Waals surface area contributed by atoms with Crippen LogP contribution >= 0.6 is 11.8 Å². The van der Waals surface area contributed by atoms with E-state index >= 15 is 0 Å². The Kier molecular flexibility index (Phi) is 6.80. The number of nitrogens with two attached hydrogens (primary N) is 1. The van der Waals surface area contributed by atoms with Crippen LogP contribution in [0.5, 0.6) is 0 Å². The van der Waals surface area contributed by atoms with Crippen molar-refractivity contribution in [2.75, 3.05) is 5.32 Å². The summed E-state index contributed by atoms with van der Waals surface area (Å²) in [6.45, 7) is 2.03. The molecule has 0 spiro atoms. The SMILES string of the molecule is CCCC[C@H](N)C(=O)Nc1ccc(SC(F)F)cc1. The Morgan fingerprint density at radius 1 is 1.37 bits per heavy atom. The molecule has 0 aliphatic carbocycles. The number of thioether (sulfide) groups is 1. The number of carbonyl (C=O) groups is 1. The number of nitrogens with one attached hydrogen (secondary N) is 1. The van der Waals surface area contributed by atoms with Crippen LogP contribution < -0.4 is 11.1 Å². The maximum Gasteiger partial charge on any atom is 0.288 e. The number of alkyl halides is 2. The molecule has 106 valence electrons. The largest absolute Gasteiger partial charge is 0.325 e. The van der Waals surface area contributed by atoms with E-state index in [9.17, 15) is 13.6 Å². The predicted molar refractivity (Wildman–Crippen MR) is 74.4 cm³/mol. The fraction of sp³-hybridized carbons (Fsp3) is 0.462. The molecule has 0 aromatic heterocycles. The van der Waals surface area contributed by atoms with Gasteiger partial charge in [-0.15, -0.1) is 0 Å². The van der Waals surface area contributed by atoms with E-state index in [2.05, 4.69) is 5.32 Å². The molecule has 19 heavy (non-hydrogen) atoms. The standard InChI is InChI=1S/C13H18F2N2OS/c1-2-3-4-11(16)12(18)17-9-5-7-10(8-6-9)19-13(14)15/h5-8,11,13H,2-4,16H2,1H3,(H,17,18)/t11-/m0/s1. The van der Waals surface area contributed by atoms with E-state index in [1.807, 2.05) is 6.92 Å². The highest BCUT2D eigenvalue weighted by atomic mass is 32.2. The van der Waals surface area contributed by atoms with Crippen LogP contribution in [-0.4, -0.2) is 17.7 Å². The minimum atomic E-state index is -2.44. The van der Waals surface area contributed by atoms with E-state index in [-0.39, 0.29) is 5.91 Å². The van der Waals surface area contributed by atoms with Gasteiger partial charge in [-0.25, -0.2) is 0 Å². The zero-order valence-corrected chi connectivity index (χ0v) is 11.6. The fourth-order valence-corrected chi connectivity index (χ4v) is 2.01. The second-order valence-corrected chi connectivity index (χ2v) is 5.20. The highest BCUT2D eigenvalue weighted by Crippen LogP contribution is 2.26. The third kappa shape index (κ3) is 6.02. The first-order chi connectivity index (χ1) is 9.02. The second kappa shape index (κ2) is 8.12. The Hall–Kier alpha value is -1.14. The molecule has 0 fully saturated rings. The molecule has 1 amide bonds. The molecule has 0 heterocycles. The summed E-state index contributed by atoms with van der Waals surface area (Å²) in [4.78, 5) is 12.2. The van der Waals surface area contributed by atoms with Gasteiger partial charge in [0.25, 0.3) is 5.76 Å². The zero-order valence-electron chi connectivity index (χ0n) is 10.7. The van der Waals surface area contributed by atoms with E-state index in [0.717, 1.165) is 12.8 Å². The topological polar surface area (TPSA) is 55.1 Å². The fourth-order valence-electron chi connectivity index (χ4n) is 1.51. The summed E-state index contributed by atoms with van der Waals surface area (Å²) in [5.41, 5.74) is 6.30. The van der Waals surface area contributed by atoms with Crippen molar-refractivity contribution in [3.63, 3.8) is 0 Å². The van der Waals surface area contributed by atoms with Crippen LogP contribution in [0.25, 0.3) is 0 Å². The van der Waals surface area contributed by atoms with Gasteiger partial charge in [0.1, 0.15) is 0 Å². The maximum atomic E-state index is 12.1. The number of hydrogen-bond acceptors (Lipinski definition) is 3. The van der Waals surface area contributed by atoms with Crippen LogP contribution in [0.2, 0.25) is 0 Å². The van der Waals surface area contributed by atoms with Crippen molar-refractivity contribution in [3.8, 4) is 0 Å². The second-order valence-electron chi connectivity index (χ2n) is 4.14. The summed E-state index contributed by atoms with van der Waals surface area (Å²) < 4.78 is 24.3. The van der Waals surface area contributed by atoms with Gasteiger partial charge in [-0.3, -0.25) is 4.79 Å². The first kappa shape index (κ1) is 15.9. The third-order valence-electron chi connectivity index (χ3n) is 2.55. The summed E-state index contributed by atoms with van der Waals surface area (Å²) >= 11 is 0.473. The number of carbonyl (C=O) groups excluding carboxylic acids is 1. The van der Waals surface area contributed by atoms with Crippen molar-refractivity contribution < 1.29 is 13.6 Å². The molecule has 3 N–H and O–H groups in total. The predicted octanol–water partition coefficient (Wildman–Crippen LogP) is 3.46. The number of unbranched alkanes of at least 4 members (excludes halogenated alkanes) is 1. The van der Waals surface area contributed by atoms with Crippen molar-refractivity contribution in [1.29, 1.82) is 0 Å². The molecule has 0 aliphatic rings. The number of rotatable bonds is 7. The average molecular weight is 288 g/mol. The van der Waals surface area contributed by atoms with Crippen LogP contribution in [0.1, 0.15) is 26.2 Å². The molecule has 1 rings (SSSR count). The molecular weight excluding hydrogens is 270 g/mol. The van der Waals surface area contributed by atoms with E-state index in [0.29, 0.717) is 28.8 Å². The minimum absolute atomic E-state index is 0.247. The van der Waals surface area contributed by atoms with Gasteiger partial charge in [-0.05, 0) is 30.7 Å². The lowest BCUT2D eigenvalue weighted by atomic mass is 10.1. The quantitative estimate of drug-likeness (QED) is 0.755. The van der Waals surface area contributed by atoms with Crippen LogP contribution in [0.3, 0.4) is 0 Å². The first-order valence-corrected chi connectivity index (χ1v) is 7.02. The summed E-state index contributed by atoms with van der Waals surface area (Å²) in [5, 5.41) is 2.67. The maximum absolute atomic E-state index is 12.1. The molecule has 1 aromatic rings. The summed E-state index contributed by atoms with van der Waals surface area (Å²) in [7, 11) is 0. The van der Waals surface area contributed by atoms with Gasteiger partial charge in [-0.2, -0.15) is 8.78 Å². The number of amides is 1. The molecule has 1 aromatic carbocycles. The van der Waals surface area contributed by atoms with E-state index < -0.39 is 11.8 Å². The van der Waals surface area contributed by atoms with Crippen LogP contribution in [0, 0.1) is 0 Å². The number of benzene rings is 1. The van der Waals surface area contributed by atoms with E-state index in [4.69, 9.17) is 5.73 Å². The smallest absolute Gasteiger partial charge is 0.288 e. The monoisotopic (exact) mass is 288 g/mol. The van der Waals surface area contributed by atoms with Crippen LogP contribution in [-0.2, 0) is 4.79 Å². The Morgan fingerprint density at radius 2 is 2.00 bits per heavy atom. The van der Waals surface area contributed by atoms with Gasteiger partial charge in [0.15, 0.2) is 0 Å². The van der Waals surface area contributed by atoms with E-state index in [1.165, 1.54) is 0 Å². The molecule has 0 radical (unpaired) electrons. The Morgan fingerprint density at radius 3 is 2.53 bits per heavy atom. The van der Waals surface area contributed by atoms with Crippen LogP contribution in [0.15, 0.2) is 29.2 Å². The van der Waals surface area contributed by atoms with Gasteiger partial charge >= 0.3 is 0 Å². The number of hydrogen-bond donors (Lipinski definition) is 2. The first-order valence-electron chi connectivity index (χ1n) is 6.14. The molecule has 1 atom stereocenters. The highest BCUT2D eigenvalue weighted by Gasteiger charge is 2.13. The molecular formula is C13H18F2N2OS. The van der Waals surface area contributed by atoms with Gasteiger partial charge in [0.05, 0.1) is 6.04 Å². The average Bonchev–Trinajstić information content (AvgIpc) is 2.37. The van der Waals surface area contributed by atoms with Crippen molar-refractivity contribution in [2.24, 2.45) is 5.73 Å².